The van der Waals surface area contributed by atoms with Gasteiger partial charge in [0.15, 0.2) is 5.82 Å². The summed E-state index contributed by atoms with van der Waals surface area (Å²) >= 11 is 0. The normalized spacial score (nSPS) is 15.6. The van der Waals surface area contributed by atoms with Gasteiger partial charge in [-0.25, -0.2) is 0 Å². The summed E-state index contributed by atoms with van der Waals surface area (Å²) in [6.07, 6.45) is 5.35. The molecule has 0 bridgehead atoms. The molecule has 202 valence electrons. The Balaban J connectivity index is 1.28. The molecule has 0 spiro atoms. The summed E-state index contributed by atoms with van der Waals surface area (Å²) < 4.78 is 8.21. The number of hydrogen-bond acceptors (Lipinski definition) is 6. The van der Waals surface area contributed by atoms with Crippen LogP contribution in [0.5, 0.6) is 0 Å². The summed E-state index contributed by atoms with van der Waals surface area (Å²) in [6, 6.07) is 27.2. The van der Waals surface area contributed by atoms with E-state index in [0.717, 1.165) is 61.8 Å². The van der Waals surface area contributed by atoms with E-state index in [1.54, 1.807) is 0 Å². The summed E-state index contributed by atoms with van der Waals surface area (Å²) in [4.78, 5) is 4.98. The van der Waals surface area contributed by atoms with Gasteiger partial charge in [-0.3, -0.25) is 9.80 Å². The van der Waals surface area contributed by atoms with Gasteiger partial charge >= 0.3 is 0 Å². The van der Waals surface area contributed by atoms with E-state index in [9.17, 15) is 0 Å². The topological polar surface area (TPSA) is 59.3 Å². The Morgan fingerprint density at radius 2 is 1.54 bits per heavy atom. The molecule has 3 aromatic carbocycles. The molecule has 0 radical (unpaired) electrons. The summed E-state index contributed by atoms with van der Waals surface area (Å²) in [5.41, 5.74) is 5.88. The summed E-state index contributed by atoms with van der Waals surface area (Å²) in [5, 5.41) is 13.1. The van der Waals surface area contributed by atoms with Crippen molar-refractivity contribution in [3.05, 3.63) is 113 Å². The summed E-state index contributed by atoms with van der Waals surface area (Å²) in [6.45, 7) is 10.2. The lowest BCUT2D eigenvalue weighted by atomic mass is 10.1. The average Bonchev–Trinajstić information content (AvgIpc) is 3.44. The fourth-order valence-corrected chi connectivity index (χ4v) is 5.23. The van der Waals surface area contributed by atoms with Crippen LogP contribution in [0.25, 0.3) is 11.8 Å². The lowest BCUT2D eigenvalue weighted by molar-refractivity contribution is 0.0297. The SMILES string of the molecule is Cc1cccc(C)c1-n1nnnc1[C@@H](COCCc1ccccc1)N1CCN(CC=Cc2ccccc2)CC1. The number of ether oxygens (including phenoxy) is 1. The van der Waals surface area contributed by atoms with Gasteiger partial charge < -0.3 is 4.74 Å². The molecule has 0 unspecified atom stereocenters. The van der Waals surface area contributed by atoms with Crippen LogP contribution in [0.4, 0.5) is 0 Å². The lowest BCUT2D eigenvalue weighted by Crippen LogP contribution is -2.49. The number of hydrogen-bond donors (Lipinski definition) is 0. The van der Waals surface area contributed by atoms with Gasteiger partial charge in [0.25, 0.3) is 0 Å². The first-order valence-corrected chi connectivity index (χ1v) is 13.8. The Kier molecular flexibility index (Phi) is 9.27. The first kappa shape index (κ1) is 26.9. The van der Waals surface area contributed by atoms with E-state index in [1.807, 2.05) is 10.7 Å². The number of benzene rings is 3. The van der Waals surface area contributed by atoms with Gasteiger partial charge in [-0.15, -0.1) is 5.10 Å². The minimum absolute atomic E-state index is 0.0307. The Morgan fingerprint density at radius 1 is 0.846 bits per heavy atom. The molecular weight excluding hydrogens is 484 g/mol. The van der Waals surface area contributed by atoms with Crippen molar-refractivity contribution in [2.75, 3.05) is 45.9 Å². The predicted molar refractivity (Wildman–Crippen MR) is 156 cm³/mol. The van der Waals surface area contributed by atoms with E-state index < -0.39 is 0 Å². The van der Waals surface area contributed by atoms with E-state index in [0.29, 0.717) is 13.2 Å². The van der Waals surface area contributed by atoms with Crippen molar-refractivity contribution >= 4 is 6.08 Å². The van der Waals surface area contributed by atoms with E-state index in [1.165, 1.54) is 11.1 Å². The molecule has 1 saturated heterocycles. The van der Waals surface area contributed by atoms with Crippen LogP contribution in [0.1, 0.15) is 34.1 Å². The summed E-state index contributed by atoms with van der Waals surface area (Å²) in [7, 11) is 0. The second kappa shape index (κ2) is 13.4. The average molecular weight is 523 g/mol. The van der Waals surface area contributed by atoms with Gasteiger partial charge in [0, 0.05) is 32.7 Å². The molecule has 0 aliphatic carbocycles. The molecule has 1 aliphatic rings. The Hall–Kier alpha value is -3.65. The number of nitrogens with zero attached hydrogens (tertiary/aromatic N) is 6. The van der Waals surface area contributed by atoms with Crippen molar-refractivity contribution in [3.63, 3.8) is 0 Å². The highest BCUT2D eigenvalue weighted by molar-refractivity contribution is 5.49. The number of rotatable bonds is 11. The molecule has 2 heterocycles. The van der Waals surface area contributed by atoms with Crippen LogP contribution < -0.4 is 0 Å². The Morgan fingerprint density at radius 3 is 2.26 bits per heavy atom. The molecule has 0 saturated carbocycles. The van der Waals surface area contributed by atoms with Crippen molar-refractivity contribution in [1.29, 1.82) is 0 Å². The van der Waals surface area contributed by atoms with Crippen LogP contribution >= 0.6 is 0 Å². The molecule has 1 atom stereocenters. The van der Waals surface area contributed by atoms with Crippen LogP contribution in [0.15, 0.2) is 84.9 Å². The molecule has 1 fully saturated rings. The van der Waals surface area contributed by atoms with Gasteiger partial charge in [0.1, 0.15) is 0 Å². The zero-order valence-electron chi connectivity index (χ0n) is 23.0. The van der Waals surface area contributed by atoms with Crippen molar-refractivity contribution in [2.24, 2.45) is 0 Å². The predicted octanol–water partition coefficient (Wildman–Crippen LogP) is 4.91. The van der Waals surface area contributed by atoms with Gasteiger partial charge in [0.2, 0.25) is 0 Å². The van der Waals surface area contributed by atoms with Crippen molar-refractivity contribution < 1.29 is 4.74 Å². The van der Waals surface area contributed by atoms with Gasteiger partial charge in [-0.2, -0.15) is 4.68 Å². The fraction of sp³-hybridized carbons (Fsp3) is 0.344. The quantitative estimate of drug-likeness (QED) is 0.261. The second-order valence-electron chi connectivity index (χ2n) is 10.2. The maximum Gasteiger partial charge on any atom is 0.176 e. The molecule has 0 amide bonds. The Bertz CT molecular complexity index is 1310. The summed E-state index contributed by atoms with van der Waals surface area (Å²) in [5.74, 6) is 0.838. The van der Waals surface area contributed by atoms with Gasteiger partial charge in [-0.05, 0) is 52.9 Å². The third kappa shape index (κ3) is 7.06. The van der Waals surface area contributed by atoms with Crippen molar-refractivity contribution in [3.8, 4) is 5.69 Å². The van der Waals surface area contributed by atoms with Crippen LogP contribution in [0, 0.1) is 13.8 Å². The molecule has 5 rings (SSSR count). The number of piperazine rings is 1. The molecule has 0 N–H and O–H groups in total. The zero-order chi connectivity index (χ0) is 26.9. The first-order valence-electron chi connectivity index (χ1n) is 13.8. The maximum absolute atomic E-state index is 6.29. The monoisotopic (exact) mass is 522 g/mol. The Labute approximate surface area is 231 Å². The van der Waals surface area contributed by atoms with Crippen LogP contribution in [0.3, 0.4) is 0 Å². The molecule has 7 heteroatoms. The van der Waals surface area contributed by atoms with Crippen molar-refractivity contribution in [1.82, 2.24) is 30.0 Å². The smallest absolute Gasteiger partial charge is 0.176 e. The highest BCUT2D eigenvalue weighted by atomic mass is 16.5. The van der Waals surface area contributed by atoms with Crippen LogP contribution in [-0.4, -0.2) is 75.9 Å². The number of tetrazole rings is 1. The lowest BCUT2D eigenvalue weighted by Gasteiger charge is -2.38. The van der Waals surface area contributed by atoms with Gasteiger partial charge in [-0.1, -0.05) is 91.0 Å². The molecule has 1 aliphatic heterocycles. The third-order valence-corrected chi connectivity index (χ3v) is 7.42. The van der Waals surface area contributed by atoms with E-state index in [2.05, 4.69) is 124 Å². The zero-order valence-corrected chi connectivity index (χ0v) is 23.0. The van der Waals surface area contributed by atoms with Crippen LogP contribution in [0.2, 0.25) is 0 Å². The van der Waals surface area contributed by atoms with E-state index in [-0.39, 0.29) is 6.04 Å². The molecular formula is C32H38N6O. The van der Waals surface area contributed by atoms with Gasteiger partial charge in [0.05, 0.1) is 24.9 Å². The minimum Gasteiger partial charge on any atom is -0.379 e. The van der Waals surface area contributed by atoms with Crippen LogP contribution in [-0.2, 0) is 11.2 Å². The first-order chi connectivity index (χ1) is 19.2. The molecule has 1 aromatic heterocycles. The molecule has 39 heavy (non-hydrogen) atoms. The molecule has 4 aromatic rings. The molecule has 7 nitrogen and oxygen atoms in total. The number of para-hydroxylation sites is 1. The fourth-order valence-electron chi connectivity index (χ4n) is 5.23. The number of aromatic nitrogens is 4. The second-order valence-corrected chi connectivity index (χ2v) is 10.2. The maximum atomic E-state index is 6.29. The number of aryl methyl sites for hydroxylation is 2. The van der Waals surface area contributed by atoms with Crippen molar-refractivity contribution in [2.45, 2.75) is 26.3 Å². The standard InChI is InChI=1S/C32H38N6O/c1-26-11-9-12-27(2)31(26)38-32(33-34-35-38)30(25-39-24-18-29-15-7-4-8-16-29)37-22-20-36(21-23-37)19-10-17-28-13-5-3-6-14-28/h3-17,30H,18-25H2,1-2H3/t30-/m1/s1. The minimum atomic E-state index is -0.0307. The highest BCUT2D eigenvalue weighted by Gasteiger charge is 2.30. The van der Waals surface area contributed by atoms with E-state index in [4.69, 9.17) is 4.74 Å². The largest absolute Gasteiger partial charge is 0.379 e. The third-order valence-electron chi connectivity index (χ3n) is 7.42. The van der Waals surface area contributed by atoms with E-state index >= 15 is 0 Å². The highest BCUT2D eigenvalue weighted by Crippen LogP contribution is 2.26.